The van der Waals surface area contributed by atoms with Gasteiger partial charge in [0.15, 0.2) is 5.79 Å². The summed E-state index contributed by atoms with van der Waals surface area (Å²) >= 11 is 18.3. The standard InChI is InChI=1S/C14H16Cl3NO2/c15-9-7-11(16)13(12(17)8-9)18-10-1-3-14(4-2-10)19-5-6-20-14/h7-8,10,18H,1-6H2. The van der Waals surface area contributed by atoms with Crippen molar-refractivity contribution in [3.8, 4) is 0 Å². The third kappa shape index (κ3) is 3.02. The van der Waals surface area contributed by atoms with Gasteiger partial charge >= 0.3 is 0 Å². The Balaban J connectivity index is 1.65. The molecule has 0 atom stereocenters. The zero-order chi connectivity index (χ0) is 14.2. The minimum atomic E-state index is -0.342. The van der Waals surface area contributed by atoms with Crippen LogP contribution in [0.1, 0.15) is 25.7 Å². The first-order valence-corrected chi connectivity index (χ1v) is 7.90. The van der Waals surface area contributed by atoms with Gasteiger partial charge in [-0.3, -0.25) is 0 Å². The van der Waals surface area contributed by atoms with Gasteiger partial charge in [0.2, 0.25) is 0 Å². The van der Waals surface area contributed by atoms with E-state index >= 15 is 0 Å². The number of nitrogens with one attached hydrogen (secondary N) is 1. The first-order valence-electron chi connectivity index (χ1n) is 6.77. The summed E-state index contributed by atoms with van der Waals surface area (Å²) in [5.74, 6) is -0.342. The Morgan fingerprint density at radius 3 is 2.10 bits per heavy atom. The molecule has 1 heterocycles. The highest BCUT2D eigenvalue weighted by atomic mass is 35.5. The normalized spacial score (nSPS) is 22.4. The average molecular weight is 337 g/mol. The van der Waals surface area contributed by atoms with Crippen LogP contribution < -0.4 is 5.32 Å². The number of hydrogen-bond acceptors (Lipinski definition) is 3. The van der Waals surface area contributed by atoms with E-state index in [4.69, 9.17) is 44.3 Å². The molecule has 0 bridgehead atoms. The molecule has 1 saturated heterocycles. The molecular weight excluding hydrogens is 321 g/mol. The fourth-order valence-electron chi connectivity index (χ4n) is 2.87. The molecule has 2 fully saturated rings. The highest BCUT2D eigenvalue weighted by Crippen LogP contribution is 2.39. The lowest BCUT2D eigenvalue weighted by atomic mass is 9.90. The molecule has 20 heavy (non-hydrogen) atoms. The van der Waals surface area contributed by atoms with Crippen LogP contribution in [0.25, 0.3) is 0 Å². The molecule has 0 aromatic heterocycles. The fourth-order valence-corrected chi connectivity index (χ4v) is 3.80. The highest BCUT2D eigenvalue weighted by Gasteiger charge is 2.40. The largest absolute Gasteiger partial charge is 0.380 e. The number of hydrogen-bond donors (Lipinski definition) is 1. The van der Waals surface area contributed by atoms with Gasteiger partial charge in [-0.25, -0.2) is 0 Å². The lowest BCUT2D eigenvalue weighted by molar-refractivity contribution is -0.177. The summed E-state index contributed by atoms with van der Waals surface area (Å²) in [6.45, 7) is 1.40. The molecule has 0 unspecified atom stereocenters. The molecule has 0 radical (unpaired) electrons. The SMILES string of the molecule is Clc1cc(Cl)c(NC2CCC3(CC2)OCCO3)c(Cl)c1. The van der Waals surface area contributed by atoms with Gasteiger partial charge in [0.25, 0.3) is 0 Å². The Kier molecular flexibility index (Phi) is 4.34. The van der Waals surface area contributed by atoms with E-state index in [0.717, 1.165) is 31.4 Å². The maximum atomic E-state index is 6.19. The summed E-state index contributed by atoms with van der Waals surface area (Å²) in [7, 11) is 0. The predicted molar refractivity (Wildman–Crippen MR) is 82.0 cm³/mol. The monoisotopic (exact) mass is 335 g/mol. The van der Waals surface area contributed by atoms with Gasteiger partial charge in [0.05, 0.1) is 28.9 Å². The van der Waals surface area contributed by atoms with E-state index in [2.05, 4.69) is 5.32 Å². The van der Waals surface area contributed by atoms with Crippen molar-refractivity contribution in [1.29, 1.82) is 0 Å². The number of ether oxygens (including phenoxy) is 2. The Morgan fingerprint density at radius 1 is 1.00 bits per heavy atom. The van der Waals surface area contributed by atoms with Gasteiger partial charge in [-0.1, -0.05) is 34.8 Å². The van der Waals surface area contributed by atoms with Gasteiger partial charge in [0.1, 0.15) is 0 Å². The van der Waals surface area contributed by atoms with Crippen LogP contribution in [0.3, 0.4) is 0 Å². The van der Waals surface area contributed by atoms with Crippen molar-refractivity contribution in [3.05, 3.63) is 27.2 Å². The lowest BCUT2D eigenvalue weighted by Crippen LogP contribution is -2.39. The molecule has 1 aliphatic carbocycles. The van der Waals surface area contributed by atoms with E-state index in [9.17, 15) is 0 Å². The summed E-state index contributed by atoms with van der Waals surface area (Å²) in [5.41, 5.74) is 0.756. The number of halogens is 3. The van der Waals surface area contributed by atoms with Crippen LogP contribution in [0.15, 0.2) is 12.1 Å². The number of rotatable bonds is 2. The summed E-state index contributed by atoms with van der Waals surface area (Å²) < 4.78 is 11.4. The van der Waals surface area contributed by atoms with Gasteiger partial charge in [0, 0.05) is 23.9 Å². The summed E-state index contributed by atoms with van der Waals surface area (Å²) in [4.78, 5) is 0. The fraction of sp³-hybridized carbons (Fsp3) is 0.571. The Hall–Kier alpha value is -0.190. The van der Waals surface area contributed by atoms with Crippen molar-refractivity contribution in [2.45, 2.75) is 37.5 Å². The summed E-state index contributed by atoms with van der Waals surface area (Å²) in [6, 6.07) is 3.72. The molecule has 110 valence electrons. The average Bonchev–Trinajstić information content (AvgIpc) is 2.85. The molecule has 1 spiro atoms. The second-order valence-corrected chi connectivity index (χ2v) is 6.52. The molecule has 1 saturated carbocycles. The minimum Gasteiger partial charge on any atom is -0.380 e. The highest BCUT2D eigenvalue weighted by molar-refractivity contribution is 6.41. The summed E-state index contributed by atoms with van der Waals surface area (Å²) in [6.07, 6.45) is 3.73. The van der Waals surface area contributed by atoms with Crippen molar-refractivity contribution in [3.63, 3.8) is 0 Å². The molecule has 3 nitrogen and oxygen atoms in total. The number of benzene rings is 1. The predicted octanol–water partition coefficient (Wildman–Crippen LogP) is 4.74. The number of anilines is 1. The van der Waals surface area contributed by atoms with E-state index in [-0.39, 0.29) is 5.79 Å². The molecule has 3 rings (SSSR count). The van der Waals surface area contributed by atoms with Crippen molar-refractivity contribution < 1.29 is 9.47 Å². The van der Waals surface area contributed by atoms with Gasteiger partial charge in [-0.2, -0.15) is 0 Å². The first-order chi connectivity index (χ1) is 9.58. The van der Waals surface area contributed by atoms with E-state index in [0.29, 0.717) is 34.3 Å². The van der Waals surface area contributed by atoms with Crippen molar-refractivity contribution in [1.82, 2.24) is 0 Å². The van der Waals surface area contributed by atoms with E-state index in [1.165, 1.54) is 0 Å². The van der Waals surface area contributed by atoms with E-state index in [1.54, 1.807) is 12.1 Å². The van der Waals surface area contributed by atoms with Crippen LogP contribution >= 0.6 is 34.8 Å². The zero-order valence-corrected chi connectivity index (χ0v) is 13.2. The Labute approximate surface area is 133 Å². The Morgan fingerprint density at radius 2 is 1.55 bits per heavy atom. The zero-order valence-electron chi connectivity index (χ0n) is 10.9. The smallest absolute Gasteiger partial charge is 0.168 e. The summed E-state index contributed by atoms with van der Waals surface area (Å²) in [5, 5.41) is 5.06. The molecule has 1 aliphatic heterocycles. The van der Waals surface area contributed by atoms with Crippen LogP contribution in [0.4, 0.5) is 5.69 Å². The minimum absolute atomic E-state index is 0.324. The van der Waals surface area contributed by atoms with Gasteiger partial charge in [-0.05, 0) is 25.0 Å². The molecular formula is C14H16Cl3NO2. The second kappa shape index (κ2) is 5.90. The maximum absolute atomic E-state index is 6.19. The molecule has 1 aromatic rings. The Bertz CT molecular complexity index is 470. The van der Waals surface area contributed by atoms with E-state index < -0.39 is 0 Å². The van der Waals surface area contributed by atoms with Crippen molar-refractivity contribution >= 4 is 40.5 Å². The second-order valence-electron chi connectivity index (χ2n) is 5.27. The molecule has 1 aromatic carbocycles. The van der Waals surface area contributed by atoms with Crippen LogP contribution in [-0.4, -0.2) is 25.0 Å². The molecule has 6 heteroatoms. The topological polar surface area (TPSA) is 30.5 Å². The first kappa shape index (κ1) is 14.7. The van der Waals surface area contributed by atoms with Crippen molar-refractivity contribution in [2.75, 3.05) is 18.5 Å². The van der Waals surface area contributed by atoms with Gasteiger partial charge in [-0.15, -0.1) is 0 Å². The van der Waals surface area contributed by atoms with Gasteiger partial charge < -0.3 is 14.8 Å². The maximum Gasteiger partial charge on any atom is 0.168 e. The van der Waals surface area contributed by atoms with E-state index in [1.807, 2.05) is 0 Å². The van der Waals surface area contributed by atoms with Crippen LogP contribution in [0.2, 0.25) is 15.1 Å². The third-order valence-electron chi connectivity index (χ3n) is 3.92. The quantitative estimate of drug-likeness (QED) is 0.846. The third-order valence-corrected chi connectivity index (χ3v) is 4.73. The molecule has 0 amide bonds. The van der Waals surface area contributed by atoms with Crippen LogP contribution in [0.5, 0.6) is 0 Å². The van der Waals surface area contributed by atoms with Crippen LogP contribution in [-0.2, 0) is 9.47 Å². The molecule has 2 aliphatic rings. The van der Waals surface area contributed by atoms with Crippen molar-refractivity contribution in [2.24, 2.45) is 0 Å². The lowest BCUT2D eigenvalue weighted by Gasteiger charge is -2.36. The molecule has 1 N–H and O–H groups in total. The van der Waals surface area contributed by atoms with Crippen LogP contribution in [0, 0.1) is 0 Å².